The van der Waals surface area contributed by atoms with Crippen molar-refractivity contribution in [1.29, 1.82) is 0 Å². The molecule has 0 saturated heterocycles. The maximum atomic E-state index is 12.3. The Labute approximate surface area is 169 Å². The summed E-state index contributed by atoms with van der Waals surface area (Å²) in [4.78, 5) is 0. The van der Waals surface area contributed by atoms with Crippen LogP contribution in [0.3, 0.4) is 0 Å². The summed E-state index contributed by atoms with van der Waals surface area (Å²) in [5.74, 6) is 2.84. The Bertz CT molecular complexity index is 510. The van der Waals surface area contributed by atoms with Gasteiger partial charge in [0.15, 0.2) is 0 Å². The topological polar surface area (TPSA) is 0 Å². The molecule has 1 aromatic carbocycles. The molecule has 0 spiro atoms. The fraction of sp³-hybridized carbons (Fsp3) is 0.760. The summed E-state index contributed by atoms with van der Waals surface area (Å²) in [7, 11) is 0.230. The Kier molecular flexibility index (Phi) is 8.89. The van der Waals surface area contributed by atoms with Crippen molar-refractivity contribution in [1.82, 2.24) is 0 Å². The van der Waals surface area contributed by atoms with E-state index in [1.807, 2.05) is 0 Å². The van der Waals surface area contributed by atoms with Gasteiger partial charge in [0.05, 0.1) is 6.67 Å². The molecule has 2 aliphatic carbocycles. The van der Waals surface area contributed by atoms with Gasteiger partial charge in [0, 0.05) is 9.52 Å². The molecule has 3 rings (SSSR count). The van der Waals surface area contributed by atoms with E-state index in [1.165, 1.54) is 55.2 Å². The summed E-state index contributed by atoms with van der Waals surface area (Å²) in [6.45, 7) is 2.14. The standard InChI is InChI=1S/C25H41FSi/c1-2-3-19-27-25-16-14-24(15-17-25)23-12-10-22(11-13-23)21-8-6-20(7-9-21)5-4-18-26/h6-9,22-25H,2-5,10-19,27H2,1H3. The lowest BCUT2D eigenvalue weighted by Crippen LogP contribution is -2.25. The van der Waals surface area contributed by atoms with Crippen LogP contribution in [-0.2, 0) is 6.42 Å². The van der Waals surface area contributed by atoms with E-state index in [4.69, 9.17) is 0 Å². The van der Waals surface area contributed by atoms with Crippen molar-refractivity contribution in [2.75, 3.05) is 6.67 Å². The molecule has 27 heavy (non-hydrogen) atoms. The molecule has 0 heterocycles. The number of alkyl halides is 1. The maximum Gasteiger partial charge on any atom is 0.0897 e. The van der Waals surface area contributed by atoms with Crippen LogP contribution < -0.4 is 0 Å². The summed E-state index contributed by atoms with van der Waals surface area (Å²) in [5.41, 5.74) is 4.01. The van der Waals surface area contributed by atoms with Crippen molar-refractivity contribution in [2.24, 2.45) is 11.8 Å². The van der Waals surface area contributed by atoms with Gasteiger partial charge in [-0.3, -0.25) is 4.39 Å². The van der Waals surface area contributed by atoms with Gasteiger partial charge < -0.3 is 0 Å². The summed E-state index contributed by atoms with van der Waals surface area (Å²) in [5, 5.41) is 0. The number of hydrogen-bond donors (Lipinski definition) is 0. The summed E-state index contributed by atoms with van der Waals surface area (Å²) in [6.07, 6.45) is 16.3. The van der Waals surface area contributed by atoms with Gasteiger partial charge in [-0.05, 0) is 67.4 Å². The van der Waals surface area contributed by atoms with Crippen LogP contribution in [0.2, 0.25) is 11.6 Å². The second-order valence-electron chi connectivity index (χ2n) is 9.42. The average Bonchev–Trinajstić information content (AvgIpc) is 2.73. The van der Waals surface area contributed by atoms with E-state index in [1.54, 1.807) is 31.7 Å². The predicted molar refractivity (Wildman–Crippen MR) is 119 cm³/mol. The minimum atomic E-state index is -0.200. The number of unbranched alkanes of at least 4 members (excludes halogenated alkanes) is 1. The van der Waals surface area contributed by atoms with Crippen molar-refractivity contribution in [3.63, 3.8) is 0 Å². The van der Waals surface area contributed by atoms with Crippen LogP contribution in [0.5, 0.6) is 0 Å². The monoisotopic (exact) mass is 388 g/mol. The highest BCUT2D eigenvalue weighted by Crippen LogP contribution is 2.45. The largest absolute Gasteiger partial charge is 0.251 e. The van der Waals surface area contributed by atoms with Crippen molar-refractivity contribution in [3.8, 4) is 0 Å². The third-order valence-electron chi connectivity index (χ3n) is 7.60. The maximum absolute atomic E-state index is 12.3. The Balaban J connectivity index is 1.39. The molecule has 2 saturated carbocycles. The molecule has 0 aliphatic heterocycles. The Morgan fingerprint density at radius 1 is 0.852 bits per heavy atom. The quantitative estimate of drug-likeness (QED) is 0.309. The number of hydrogen-bond acceptors (Lipinski definition) is 0. The van der Waals surface area contributed by atoms with Gasteiger partial charge in [0.1, 0.15) is 0 Å². The normalized spacial score (nSPS) is 29.4. The zero-order valence-corrected chi connectivity index (χ0v) is 19.0. The SMILES string of the molecule is CCCC[SiH2]C1CCC(C2CCC(c3ccc(CCCF)cc3)CC2)CC1. The van der Waals surface area contributed by atoms with Gasteiger partial charge in [0.25, 0.3) is 0 Å². The summed E-state index contributed by atoms with van der Waals surface area (Å²) in [6, 6.07) is 10.7. The van der Waals surface area contributed by atoms with E-state index in [9.17, 15) is 4.39 Å². The van der Waals surface area contributed by atoms with Gasteiger partial charge in [0.2, 0.25) is 0 Å². The zero-order valence-electron chi connectivity index (χ0n) is 17.6. The molecule has 0 amide bonds. The number of halogens is 1. The number of benzene rings is 1. The van der Waals surface area contributed by atoms with E-state index in [0.717, 1.165) is 24.2 Å². The van der Waals surface area contributed by atoms with Crippen LogP contribution in [0.4, 0.5) is 4.39 Å². The van der Waals surface area contributed by atoms with Crippen LogP contribution in [-0.4, -0.2) is 16.2 Å². The van der Waals surface area contributed by atoms with E-state index in [2.05, 4.69) is 31.2 Å². The Morgan fingerprint density at radius 2 is 1.48 bits per heavy atom. The molecular weight excluding hydrogens is 347 g/mol. The van der Waals surface area contributed by atoms with E-state index in [0.29, 0.717) is 6.42 Å². The molecule has 1 aromatic rings. The van der Waals surface area contributed by atoms with Gasteiger partial charge in [-0.1, -0.05) is 81.3 Å². The fourth-order valence-corrected chi connectivity index (χ4v) is 8.20. The van der Waals surface area contributed by atoms with E-state index >= 15 is 0 Å². The first kappa shape index (κ1) is 21.1. The van der Waals surface area contributed by atoms with Gasteiger partial charge >= 0.3 is 0 Å². The highest BCUT2D eigenvalue weighted by molar-refractivity contribution is 6.37. The lowest BCUT2D eigenvalue weighted by atomic mass is 9.70. The molecule has 0 N–H and O–H groups in total. The second-order valence-corrected chi connectivity index (χ2v) is 11.9. The average molecular weight is 389 g/mol. The highest BCUT2D eigenvalue weighted by atomic mass is 28.2. The molecule has 2 aliphatic rings. The van der Waals surface area contributed by atoms with Crippen LogP contribution in [0, 0.1) is 11.8 Å². The second kappa shape index (κ2) is 11.4. The van der Waals surface area contributed by atoms with Gasteiger partial charge in [-0.2, -0.15) is 0 Å². The molecular formula is C25H41FSi. The number of aryl methyl sites for hydroxylation is 1. The Morgan fingerprint density at radius 3 is 2.07 bits per heavy atom. The molecule has 0 bridgehead atoms. The first-order valence-electron chi connectivity index (χ1n) is 11.9. The molecule has 0 atom stereocenters. The van der Waals surface area contributed by atoms with Crippen LogP contribution in [0.25, 0.3) is 0 Å². The van der Waals surface area contributed by atoms with E-state index in [-0.39, 0.29) is 16.2 Å². The molecule has 0 aromatic heterocycles. The highest BCUT2D eigenvalue weighted by Gasteiger charge is 2.31. The van der Waals surface area contributed by atoms with Crippen molar-refractivity contribution >= 4 is 9.52 Å². The lowest BCUT2D eigenvalue weighted by molar-refractivity contribution is 0.186. The van der Waals surface area contributed by atoms with Crippen molar-refractivity contribution < 1.29 is 4.39 Å². The van der Waals surface area contributed by atoms with Crippen molar-refractivity contribution in [2.45, 2.75) is 101 Å². The van der Waals surface area contributed by atoms with Crippen LogP contribution in [0.15, 0.2) is 24.3 Å². The minimum Gasteiger partial charge on any atom is -0.251 e. The molecule has 0 radical (unpaired) electrons. The van der Waals surface area contributed by atoms with E-state index < -0.39 is 0 Å². The Hall–Kier alpha value is -0.633. The molecule has 152 valence electrons. The lowest BCUT2D eigenvalue weighted by Gasteiger charge is -2.38. The predicted octanol–water partition coefficient (Wildman–Crippen LogP) is 7.23. The van der Waals surface area contributed by atoms with Gasteiger partial charge in [-0.25, -0.2) is 0 Å². The smallest absolute Gasteiger partial charge is 0.0897 e. The first-order valence-corrected chi connectivity index (χ1v) is 13.8. The third-order valence-corrected chi connectivity index (χ3v) is 10.1. The van der Waals surface area contributed by atoms with Crippen LogP contribution in [0.1, 0.15) is 94.6 Å². The summed E-state index contributed by atoms with van der Waals surface area (Å²) >= 11 is 0. The molecule has 0 unspecified atom stereocenters. The molecule has 2 heteroatoms. The third kappa shape index (κ3) is 6.44. The zero-order chi connectivity index (χ0) is 18.9. The fourth-order valence-electron chi connectivity index (χ4n) is 5.78. The molecule has 2 fully saturated rings. The molecule has 0 nitrogen and oxygen atoms in total. The number of rotatable bonds is 9. The van der Waals surface area contributed by atoms with Gasteiger partial charge in [-0.15, -0.1) is 0 Å². The van der Waals surface area contributed by atoms with Crippen molar-refractivity contribution in [3.05, 3.63) is 35.4 Å². The first-order chi connectivity index (χ1) is 13.3. The minimum absolute atomic E-state index is 0.200. The van der Waals surface area contributed by atoms with Crippen LogP contribution >= 0.6 is 0 Å². The summed E-state index contributed by atoms with van der Waals surface area (Å²) < 4.78 is 12.3.